The molecule has 1 N–H and O–H groups in total. The highest BCUT2D eigenvalue weighted by Crippen LogP contribution is 2.31. The summed E-state index contributed by atoms with van der Waals surface area (Å²) >= 11 is 1.45. The minimum atomic E-state index is -0.159. The van der Waals surface area contributed by atoms with Gasteiger partial charge in [0.25, 0.3) is 5.56 Å². The van der Waals surface area contributed by atoms with Gasteiger partial charge in [0.2, 0.25) is 0 Å². The number of rotatable bonds is 5. The van der Waals surface area contributed by atoms with E-state index in [1.54, 1.807) is 7.11 Å². The van der Waals surface area contributed by atoms with Crippen LogP contribution in [-0.4, -0.2) is 17.1 Å². The Morgan fingerprint density at radius 2 is 1.81 bits per heavy atom. The Kier molecular flexibility index (Phi) is 4.41. The maximum Gasteiger partial charge on any atom is 0.260 e. The highest BCUT2D eigenvalue weighted by Gasteiger charge is 2.13. The van der Waals surface area contributed by atoms with Gasteiger partial charge in [-0.15, -0.1) is 11.3 Å². The van der Waals surface area contributed by atoms with Gasteiger partial charge < -0.3 is 14.5 Å². The average Bonchev–Trinajstić information content (AvgIpc) is 3.12. The normalized spacial score (nSPS) is 10.8. The lowest BCUT2D eigenvalue weighted by atomic mass is 10.1. The lowest BCUT2D eigenvalue weighted by Gasteiger charge is -2.06. The molecule has 2 heterocycles. The number of aromatic amines is 1. The van der Waals surface area contributed by atoms with Crippen LogP contribution in [-0.2, 0) is 6.61 Å². The lowest BCUT2D eigenvalue weighted by molar-refractivity contribution is 0.296. The van der Waals surface area contributed by atoms with Crippen LogP contribution in [0.1, 0.15) is 5.82 Å². The van der Waals surface area contributed by atoms with Crippen molar-refractivity contribution >= 4 is 21.6 Å². The zero-order valence-corrected chi connectivity index (χ0v) is 14.9. The molecule has 0 bridgehead atoms. The first-order valence-corrected chi connectivity index (χ1v) is 8.95. The number of aromatic nitrogens is 2. The van der Waals surface area contributed by atoms with Crippen LogP contribution in [0.4, 0.5) is 0 Å². The Hall–Kier alpha value is -3.12. The number of thiophene rings is 1. The van der Waals surface area contributed by atoms with Gasteiger partial charge in [0.1, 0.15) is 28.8 Å². The van der Waals surface area contributed by atoms with Crippen molar-refractivity contribution in [3.8, 4) is 22.6 Å². The quantitative estimate of drug-likeness (QED) is 0.575. The van der Waals surface area contributed by atoms with E-state index in [1.165, 1.54) is 11.3 Å². The molecule has 4 rings (SSSR count). The van der Waals surface area contributed by atoms with E-state index >= 15 is 0 Å². The molecule has 26 heavy (non-hydrogen) atoms. The highest BCUT2D eigenvalue weighted by molar-refractivity contribution is 7.17. The van der Waals surface area contributed by atoms with Crippen molar-refractivity contribution in [2.45, 2.75) is 6.61 Å². The van der Waals surface area contributed by atoms with Crippen molar-refractivity contribution in [3.63, 3.8) is 0 Å². The predicted molar refractivity (Wildman–Crippen MR) is 103 cm³/mol. The average molecular weight is 364 g/mol. The zero-order chi connectivity index (χ0) is 17.9. The van der Waals surface area contributed by atoms with E-state index < -0.39 is 0 Å². The largest absolute Gasteiger partial charge is 0.497 e. The first-order valence-electron chi connectivity index (χ1n) is 8.07. The van der Waals surface area contributed by atoms with Crippen LogP contribution in [0.5, 0.6) is 11.5 Å². The summed E-state index contributed by atoms with van der Waals surface area (Å²) < 4.78 is 10.9. The fourth-order valence-electron chi connectivity index (χ4n) is 2.71. The fraction of sp³-hybridized carbons (Fsp3) is 0.100. The van der Waals surface area contributed by atoms with Crippen molar-refractivity contribution in [1.29, 1.82) is 0 Å². The Morgan fingerprint density at radius 1 is 1.04 bits per heavy atom. The van der Waals surface area contributed by atoms with E-state index in [1.807, 2.05) is 60.0 Å². The van der Waals surface area contributed by atoms with Crippen molar-refractivity contribution in [2.24, 2.45) is 0 Å². The molecule has 2 aromatic heterocycles. The molecule has 0 atom stereocenters. The summed E-state index contributed by atoms with van der Waals surface area (Å²) in [6.07, 6.45) is 0. The molecule has 0 radical (unpaired) electrons. The van der Waals surface area contributed by atoms with E-state index in [9.17, 15) is 4.79 Å². The van der Waals surface area contributed by atoms with Crippen molar-refractivity contribution in [2.75, 3.05) is 7.11 Å². The molecule has 0 saturated carbocycles. The zero-order valence-electron chi connectivity index (χ0n) is 14.1. The third kappa shape index (κ3) is 3.19. The number of ether oxygens (including phenoxy) is 2. The van der Waals surface area contributed by atoms with Gasteiger partial charge in [-0.3, -0.25) is 4.79 Å². The number of hydrogen-bond acceptors (Lipinski definition) is 5. The third-order valence-corrected chi connectivity index (χ3v) is 4.89. The maximum absolute atomic E-state index is 12.6. The highest BCUT2D eigenvalue weighted by atomic mass is 32.1. The molecular formula is C20H16N2O3S. The second kappa shape index (κ2) is 7.01. The molecule has 0 amide bonds. The topological polar surface area (TPSA) is 64.2 Å². The van der Waals surface area contributed by atoms with Crippen LogP contribution >= 0.6 is 11.3 Å². The van der Waals surface area contributed by atoms with Crippen LogP contribution in [0.15, 0.2) is 64.8 Å². The number of benzene rings is 2. The van der Waals surface area contributed by atoms with E-state index in [-0.39, 0.29) is 12.2 Å². The molecule has 6 heteroatoms. The fourth-order valence-corrected chi connectivity index (χ4v) is 3.68. The third-order valence-electron chi connectivity index (χ3n) is 4.01. The van der Waals surface area contributed by atoms with Gasteiger partial charge in [-0.2, -0.15) is 0 Å². The van der Waals surface area contributed by atoms with Crippen LogP contribution in [0.2, 0.25) is 0 Å². The van der Waals surface area contributed by atoms with Crippen LogP contribution in [0.3, 0.4) is 0 Å². The van der Waals surface area contributed by atoms with Gasteiger partial charge in [-0.25, -0.2) is 4.98 Å². The van der Waals surface area contributed by atoms with E-state index in [2.05, 4.69) is 9.97 Å². The molecule has 0 aliphatic heterocycles. The minimum absolute atomic E-state index is 0.159. The Bertz CT molecular complexity index is 1090. The molecule has 5 nitrogen and oxygen atoms in total. The van der Waals surface area contributed by atoms with Gasteiger partial charge >= 0.3 is 0 Å². The van der Waals surface area contributed by atoms with Crippen LogP contribution < -0.4 is 15.0 Å². The Balaban J connectivity index is 1.65. The molecule has 4 aromatic rings. The summed E-state index contributed by atoms with van der Waals surface area (Å²) in [4.78, 5) is 20.7. The molecule has 2 aromatic carbocycles. The smallest absolute Gasteiger partial charge is 0.260 e. The number of H-pyrrole nitrogens is 1. The number of nitrogens with zero attached hydrogens (tertiary/aromatic N) is 1. The molecule has 0 aliphatic rings. The number of para-hydroxylation sites is 1. The Labute approximate surface area is 153 Å². The molecule has 130 valence electrons. The number of fused-ring (bicyclic) bond motifs is 1. The van der Waals surface area contributed by atoms with Crippen LogP contribution in [0, 0.1) is 0 Å². The monoisotopic (exact) mass is 364 g/mol. The molecule has 0 saturated heterocycles. The van der Waals surface area contributed by atoms with Gasteiger partial charge in [-0.05, 0) is 29.8 Å². The van der Waals surface area contributed by atoms with E-state index in [0.717, 1.165) is 22.6 Å². The minimum Gasteiger partial charge on any atom is -0.497 e. The van der Waals surface area contributed by atoms with Gasteiger partial charge in [0.05, 0.1) is 12.5 Å². The summed E-state index contributed by atoms with van der Waals surface area (Å²) in [5, 5.41) is 2.56. The van der Waals surface area contributed by atoms with E-state index in [0.29, 0.717) is 16.0 Å². The molecule has 0 aliphatic carbocycles. The predicted octanol–water partition coefficient (Wildman–Crippen LogP) is 4.24. The summed E-state index contributed by atoms with van der Waals surface area (Å²) in [7, 11) is 1.63. The molecule has 0 unspecified atom stereocenters. The number of methoxy groups -OCH3 is 1. The SMILES string of the molecule is COc1ccc(-c2csc3nc(COc4ccccc4)[nH]c(=O)c23)cc1. The summed E-state index contributed by atoms with van der Waals surface area (Å²) in [5.41, 5.74) is 1.67. The maximum atomic E-state index is 12.6. The summed E-state index contributed by atoms with van der Waals surface area (Å²) in [6.45, 7) is 0.213. The van der Waals surface area contributed by atoms with Gasteiger partial charge in [0.15, 0.2) is 0 Å². The second-order valence-electron chi connectivity index (χ2n) is 5.67. The Morgan fingerprint density at radius 3 is 2.54 bits per heavy atom. The first kappa shape index (κ1) is 16.4. The summed E-state index contributed by atoms with van der Waals surface area (Å²) in [6, 6.07) is 17.1. The number of hydrogen-bond donors (Lipinski definition) is 1. The first-order chi connectivity index (χ1) is 12.7. The summed E-state index contributed by atoms with van der Waals surface area (Å²) in [5.74, 6) is 2.02. The molecule has 0 spiro atoms. The van der Waals surface area contributed by atoms with Crippen molar-refractivity contribution in [1.82, 2.24) is 9.97 Å². The van der Waals surface area contributed by atoms with Crippen LogP contribution in [0.25, 0.3) is 21.3 Å². The van der Waals surface area contributed by atoms with Crippen molar-refractivity contribution < 1.29 is 9.47 Å². The molecular weight excluding hydrogens is 348 g/mol. The van der Waals surface area contributed by atoms with Crippen molar-refractivity contribution in [3.05, 3.63) is 76.2 Å². The lowest BCUT2D eigenvalue weighted by Crippen LogP contribution is -2.13. The molecule has 0 fully saturated rings. The number of nitrogens with one attached hydrogen (secondary N) is 1. The van der Waals surface area contributed by atoms with Gasteiger partial charge in [0, 0.05) is 10.9 Å². The van der Waals surface area contributed by atoms with E-state index in [4.69, 9.17) is 9.47 Å². The second-order valence-corrected chi connectivity index (χ2v) is 6.53. The van der Waals surface area contributed by atoms with Gasteiger partial charge in [-0.1, -0.05) is 30.3 Å². The standard InChI is InChI=1S/C20H16N2O3S/c1-24-14-9-7-13(8-10-14)16-12-26-20-18(16)19(23)21-17(22-20)11-25-15-5-3-2-4-6-15/h2-10,12H,11H2,1H3,(H,21,22,23).